The zero-order valence-corrected chi connectivity index (χ0v) is 19.6. The van der Waals surface area contributed by atoms with Crippen LogP contribution in [0.1, 0.15) is 47.3 Å². The second kappa shape index (κ2) is 11.4. The van der Waals surface area contributed by atoms with E-state index in [4.69, 9.17) is 0 Å². The second-order valence-corrected chi connectivity index (χ2v) is 7.97. The molecule has 1 amide bonds. The number of carbonyl (C=O) groups excluding carboxylic acids is 1. The Morgan fingerprint density at radius 3 is 2.65 bits per heavy atom. The molecule has 1 saturated heterocycles. The molecule has 3 aromatic carbocycles. The molecular weight excluding hydrogens is 429 g/mol. The molecule has 31 heavy (non-hydrogen) atoms. The maximum Gasteiger partial charge on any atom is 0.252 e. The molecule has 1 aliphatic rings. The molecule has 0 aromatic heterocycles. The van der Waals surface area contributed by atoms with Gasteiger partial charge in [-0.25, -0.2) is 0 Å². The van der Waals surface area contributed by atoms with Gasteiger partial charge in [0.1, 0.15) is 0 Å². The van der Waals surface area contributed by atoms with Gasteiger partial charge in [0.25, 0.3) is 5.91 Å². The van der Waals surface area contributed by atoms with Gasteiger partial charge in [0, 0.05) is 23.8 Å². The van der Waals surface area contributed by atoms with Crippen LogP contribution >= 0.6 is 24.8 Å². The van der Waals surface area contributed by atoms with E-state index in [-0.39, 0.29) is 36.8 Å². The molecule has 0 radical (unpaired) electrons. The molecule has 2 atom stereocenters. The normalized spacial score (nSPS) is 16.1. The van der Waals surface area contributed by atoms with Gasteiger partial charge in [0.15, 0.2) is 0 Å². The first-order valence-corrected chi connectivity index (χ1v) is 10.5. The number of benzene rings is 3. The number of hydrogen-bond acceptors (Lipinski definition) is 3. The number of amides is 1. The van der Waals surface area contributed by atoms with E-state index < -0.39 is 0 Å². The second-order valence-electron chi connectivity index (χ2n) is 7.97. The topological polar surface area (TPSA) is 53.2 Å². The summed E-state index contributed by atoms with van der Waals surface area (Å²) in [5.41, 5.74) is 3.83. The molecule has 0 spiro atoms. The summed E-state index contributed by atoms with van der Waals surface area (Å²) in [4.78, 5) is 13.0. The molecule has 1 fully saturated rings. The van der Waals surface area contributed by atoms with Gasteiger partial charge in [0.2, 0.25) is 0 Å². The third-order valence-corrected chi connectivity index (χ3v) is 5.83. The van der Waals surface area contributed by atoms with Crippen LogP contribution in [0.25, 0.3) is 10.8 Å². The summed E-state index contributed by atoms with van der Waals surface area (Å²) in [6.45, 7) is 6.01. The van der Waals surface area contributed by atoms with Crippen LogP contribution in [0.4, 0.5) is 5.69 Å². The number of rotatable bonds is 6. The Balaban J connectivity index is 0.00000171. The number of nitrogens with one attached hydrogen (secondary N) is 3. The Hall–Kier alpha value is -2.27. The van der Waals surface area contributed by atoms with Crippen LogP contribution in [0.5, 0.6) is 0 Å². The van der Waals surface area contributed by atoms with Gasteiger partial charge in [-0.1, -0.05) is 48.5 Å². The van der Waals surface area contributed by atoms with Gasteiger partial charge in [0.05, 0.1) is 6.04 Å². The van der Waals surface area contributed by atoms with Crippen molar-refractivity contribution in [3.63, 3.8) is 0 Å². The van der Waals surface area contributed by atoms with Gasteiger partial charge < -0.3 is 16.0 Å². The first-order chi connectivity index (χ1) is 14.1. The van der Waals surface area contributed by atoms with Gasteiger partial charge >= 0.3 is 0 Å². The van der Waals surface area contributed by atoms with E-state index in [1.165, 1.54) is 23.6 Å². The fourth-order valence-corrected chi connectivity index (χ4v) is 4.13. The highest BCUT2D eigenvalue weighted by molar-refractivity contribution is 5.97. The van der Waals surface area contributed by atoms with Crippen molar-refractivity contribution in [2.75, 3.05) is 18.4 Å². The summed E-state index contributed by atoms with van der Waals surface area (Å²) in [5.74, 6) is -0.0365. The molecule has 4 nitrogen and oxygen atoms in total. The summed E-state index contributed by atoms with van der Waals surface area (Å²) in [7, 11) is 0. The van der Waals surface area contributed by atoms with Crippen molar-refractivity contribution in [1.82, 2.24) is 10.6 Å². The first-order valence-electron chi connectivity index (χ1n) is 10.5. The average molecular weight is 460 g/mol. The molecule has 3 N–H and O–H groups in total. The van der Waals surface area contributed by atoms with Crippen LogP contribution in [-0.4, -0.2) is 25.0 Å². The molecule has 0 aliphatic carbocycles. The Labute approximate surface area is 197 Å². The van der Waals surface area contributed by atoms with Crippen molar-refractivity contribution in [3.8, 4) is 0 Å². The molecule has 3 aromatic rings. The minimum absolute atomic E-state index is 0. The lowest BCUT2D eigenvalue weighted by atomic mass is 9.99. The smallest absolute Gasteiger partial charge is 0.252 e. The maximum absolute atomic E-state index is 13.0. The lowest BCUT2D eigenvalue weighted by Gasteiger charge is -2.18. The molecule has 6 heteroatoms. The molecular formula is C25H31Cl2N3O. The molecule has 4 rings (SSSR count). The highest BCUT2D eigenvalue weighted by Gasteiger charge is 2.17. The van der Waals surface area contributed by atoms with E-state index in [1.807, 2.05) is 44.2 Å². The molecule has 1 heterocycles. The quantitative estimate of drug-likeness (QED) is 0.446. The SMILES string of the molecule is Cc1ccc(NC[C@@H]2CCCN2)cc1C(=O)N[C@H](C)c1cccc2ccccc12.Cl.Cl. The third-order valence-electron chi connectivity index (χ3n) is 5.83. The van der Waals surface area contributed by atoms with Gasteiger partial charge in [-0.15, -0.1) is 24.8 Å². The van der Waals surface area contributed by atoms with Crippen LogP contribution in [0.2, 0.25) is 0 Å². The van der Waals surface area contributed by atoms with Crippen molar-refractivity contribution >= 4 is 47.2 Å². The fraction of sp³-hybridized carbons (Fsp3) is 0.320. The van der Waals surface area contributed by atoms with Gasteiger partial charge in [-0.2, -0.15) is 0 Å². The third kappa shape index (κ3) is 5.91. The number of carbonyl (C=O) groups is 1. The number of fused-ring (bicyclic) bond motifs is 1. The lowest BCUT2D eigenvalue weighted by Crippen LogP contribution is -2.29. The van der Waals surface area contributed by atoms with Crippen molar-refractivity contribution in [2.24, 2.45) is 0 Å². The van der Waals surface area contributed by atoms with Crippen LogP contribution in [0, 0.1) is 6.92 Å². The predicted octanol–water partition coefficient (Wildman–Crippen LogP) is 5.65. The minimum Gasteiger partial charge on any atom is -0.383 e. The van der Waals surface area contributed by atoms with Gasteiger partial charge in [-0.3, -0.25) is 4.79 Å². The van der Waals surface area contributed by atoms with E-state index in [1.54, 1.807) is 0 Å². The Morgan fingerprint density at radius 2 is 1.87 bits per heavy atom. The number of hydrogen-bond donors (Lipinski definition) is 3. The lowest BCUT2D eigenvalue weighted by molar-refractivity contribution is 0.0939. The molecule has 0 unspecified atom stereocenters. The summed E-state index contributed by atoms with van der Waals surface area (Å²) >= 11 is 0. The summed E-state index contributed by atoms with van der Waals surface area (Å²) in [6, 6.07) is 21.0. The Kier molecular flexibility index (Phi) is 9.17. The van der Waals surface area contributed by atoms with Crippen LogP contribution in [0.15, 0.2) is 60.7 Å². The largest absolute Gasteiger partial charge is 0.383 e. The summed E-state index contributed by atoms with van der Waals surface area (Å²) in [6.07, 6.45) is 2.44. The van der Waals surface area contributed by atoms with Crippen molar-refractivity contribution < 1.29 is 4.79 Å². The van der Waals surface area contributed by atoms with Crippen LogP contribution in [0.3, 0.4) is 0 Å². The van der Waals surface area contributed by atoms with Crippen molar-refractivity contribution in [2.45, 2.75) is 38.8 Å². The van der Waals surface area contributed by atoms with Crippen molar-refractivity contribution in [3.05, 3.63) is 77.4 Å². The molecule has 1 aliphatic heterocycles. The average Bonchev–Trinajstić information content (AvgIpc) is 3.26. The van der Waals surface area contributed by atoms with E-state index in [0.717, 1.165) is 35.5 Å². The van der Waals surface area contributed by atoms with E-state index >= 15 is 0 Å². The number of halogens is 2. The molecule has 0 bridgehead atoms. The zero-order chi connectivity index (χ0) is 20.2. The van der Waals surface area contributed by atoms with Crippen LogP contribution < -0.4 is 16.0 Å². The van der Waals surface area contributed by atoms with E-state index in [0.29, 0.717) is 6.04 Å². The standard InChI is InChI=1S/C25H29N3O.2ClH/c1-17-12-13-20(27-16-21-9-6-14-26-21)15-24(17)25(29)28-18(2)22-11-5-8-19-7-3-4-10-23(19)22;;/h3-5,7-8,10-13,15,18,21,26-27H,6,9,14,16H2,1-2H3,(H,28,29);2*1H/t18-,21+;;/m1../s1. The van der Waals surface area contributed by atoms with E-state index in [9.17, 15) is 4.79 Å². The molecule has 166 valence electrons. The van der Waals surface area contributed by atoms with Gasteiger partial charge in [-0.05, 0) is 67.3 Å². The Bertz CT molecular complexity index is 1010. The van der Waals surface area contributed by atoms with E-state index in [2.05, 4.69) is 46.3 Å². The zero-order valence-electron chi connectivity index (χ0n) is 18.0. The predicted molar refractivity (Wildman–Crippen MR) is 135 cm³/mol. The monoisotopic (exact) mass is 459 g/mol. The van der Waals surface area contributed by atoms with Crippen molar-refractivity contribution in [1.29, 1.82) is 0 Å². The summed E-state index contributed by atoms with van der Waals surface area (Å²) in [5, 5.41) is 12.5. The molecule has 0 saturated carbocycles. The Morgan fingerprint density at radius 1 is 1.10 bits per heavy atom. The highest BCUT2D eigenvalue weighted by atomic mass is 35.5. The summed E-state index contributed by atoms with van der Waals surface area (Å²) < 4.78 is 0. The highest BCUT2D eigenvalue weighted by Crippen LogP contribution is 2.25. The number of anilines is 1. The number of aryl methyl sites for hydroxylation is 1. The first kappa shape index (κ1) is 25.0. The minimum atomic E-state index is -0.0766. The fourth-order valence-electron chi connectivity index (χ4n) is 4.13. The van der Waals surface area contributed by atoms with Crippen LogP contribution in [-0.2, 0) is 0 Å². The maximum atomic E-state index is 13.0.